The van der Waals surface area contributed by atoms with Crippen LogP contribution in [0, 0.1) is 5.82 Å². The van der Waals surface area contributed by atoms with Gasteiger partial charge in [0, 0.05) is 30.0 Å². The zero-order valence-electron chi connectivity index (χ0n) is 14.1. The largest absolute Gasteiger partial charge is 0.416 e. The summed E-state index contributed by atoms with van der Waals surface area (Å²) in [5.74, 6) is -0.851. The van der Waals surface area contributed by atoms with Crippen LogP contribution in [0.2, 0.25) is 0 Å². The van der Waals surface area contributed by atoms with Crippen molar-refractivity contribution in [1.82, 2.24) is 4.98 Å². The lowest BCUT2D eigenvalue weighted by atomic mass is 10.1. The van der Waals surface area contributed by atoms with Crippen molar-refractivity contribution in [3.05, 3.63) is 69.8 Å². The molecule has 1 amide bonds. The fourth-order valence-corrected chi connectivity index (χ4v) is 3.38. The van der Waals surface area contributed by atoms with Crippen LogP contribution in [0.1, 0.15) is 23.1 Å². The molecule has 8 heteroatoms. The van der Waals surface area contributed by atoms with Crippen molar-refractivity contribution < 1.29 is 22.4 Å². The average Bonchev–Trinajstić information content (AvgIpc) is 3.02. The molecule has 0 aliphatic rings. The maximum Gasteiger partial charge on any atom is 0.416 e. The quantitative estimate of drug-likeness (QED) is 0.592. The van der Waals surface area contributed by atoms with Crippen LogP contribution in [0.3, 0.4) is 0 Å². The van der Waals surface area contributed by atoms with E-state index in [4.69, 9.17) is 0 Å². The van der Waals surface area contributed by atoms with Crippen LogP contribution in [0.4, 0.5) is 23.2 Å². The molecule has 0 fully saturated rings. The Morgan fingerprint density at radius 2 is 1.96 bits per heavy atom. The lowest BCUT2D eigenvalue weighted by Crippen LogP contribution is -2.06. The summed E-state index contributed by atoms with van der Waals surface area (Å²) in [4.78, 5) is 15.4. The van der Waals surface area contributed by atoms with Gasteiger partial charge in [0.2, 0.25) is 5.91 Å². The number of nitrogens with one attached hydrogen (secondary N) is 1. The molecule has 1 heterocycles. The maximum absolute atomic E-state index is 14.3. The smallest absolute Gasteiger partial charge is 0.326 e. The van der Waals surface area contributed by atoms with Gasteiger partial charge in [0.25, 0.3) is 0 Å². The van der Waals surface area contributed by atoms with Gasteiger partial charge in [-0.25, -0.2) is 9.37 Å². The van der Waals surface area contributed by atoms with Crippen molar-refractivity contribution in [3.8, 4) is 11.3 Å². The Kier molecular flexibility index (Phi) is 5.27. The Labute approximate surface area is 156 Å². The number of nitrogens with zero attached hydrogens (tertiary/aromatic N) is 1. The van der Waals surface area contributed by atoms with E-state index in [0.717, 1.165) is 12.1 Å². The van der Waals surface area contributed by atoms with Gasteiger partial charge in [-0.1, -0.05) is 18.2 Å². The van der Waals surface area contributed by atoms with Crippen LogP contribution in [-0.2, 0) is 17.4 Å². The summed E-state index contributed by atoms with van der Waals surface area (Å²) < 4.78 is 52.7. The lowest BCUT2D eigenvalue weighted by Gasteiger charge is -2.07. The summed E-state index contributed by atoms with van der Waals surface area (Å²) in [5.41, 5.74) is 0.760. The van der Waals surface area contributed by atoms with Gasteiger partial charge >= 0.3 is 6.18 Å². The van der Waals surface area contributed by atoms with Crippen LogP contribution in [0.5, 0.6) is 0 Å². The van der Waals surface area contributed by atoms with E-state index in [1.807, 2.05) is 0 Å². The SMILES string of the molecule is CC(=O)Nc1ccc(-c2csc(Cc3cccc(C(F)(F)F)c3)n2)c(F)c1. The third-order valence-electron chi connectivity index (χ3n) is 3.73. The van der Waals surface area contributed by atoms with Gasteiger partial charge in [0.15, 0.2) is 0 Å². The third kappa shape index (κ3) is 4.71. The van der Waals surface area contributed by atoms with E-state index < -0.39 is 17.6 Å². The molecule has 140 valence electrons. The molecule has 0 saturated carbocycles. The number of hydrogen-bond donors (Lipinski definition) is 1. The van der Waals surface area contributed by atoms with Gasteiger partial charge in [-0.2, -0.15) is 13.2 Å². The molecule has 3 aromatic rings. The Balaban J connectivity index is 1.80. The number of halogens is 4. The topological polar surface area (TPSA) is 42.0 Å². The van der Waals surface area contributed by atoms with Crippen molar-refractivity contribution in [2.75, 3.05) is 5.32 Å². The van der Waals surface area contributed by atoms with E-state index in [9.17, 15) is 22.4 Å². The van der Waals surface area contributed by atoms with Gasteiger partial charge in [-0.3, -0.25) is 4.79 Å². The number of hydrogen-bond acceptors (Lipinski definition) is 3. The monoisotopic (exact) mass is 394 g/mol. The Hall–Kier alpha value is -2.74. The molecule has 0 aliphatic carbocycles. The first kappa shape index (κ1) is 19.0. The Morgan fingerprint density at radius 3 is 2.63 bits per heavy atom. The number of alkyl halides is 3. The first-order valence-electron chi connectivity index (χ1n) is 7.90. The Morgan fingerprint density at radius 1 is 1.19 bits per heavy atom. The highest BCUT2D eigenvalue weighted by molar-refractivity contribution is 7.10. The summed E-state index contributed by atoms with van der Waals surface area (Å²) in [6.07, 6.45) is -4.18. The van der Waals surface area contributed by atoms with Crippen LogP contribution in [-0.4, -0.2) is 10.9 Å². The predicted octanol–water partition coefficient (Wildman–Crippen LogP) is 5.52. The van der Waals surface area contributed by atoms with Crippen molar-refractivity contribution >= 4 is 22.9 Å². The second-order valence-electron chi connectivity index (χ2n) is 5.88. The molecule has 3 rings (SSSR count). The highest BCUT2D eigenvalue weighted by Crippen LogP contribution is 2.31. The van der Waals surface area contributed by atoms with Crippen molar-refractivity contribution in [2.45, 2.75) is 19.5 Å². The summed E-state index contributed by atoms with van der Waals surface area (Å²) in [6, 6.07) is 9.32. The predicted molar refractivity (Wildman–Crippen MR) is 96.1 cm³/mol. The molecule has 1 aromatic heterocycles. The number of carbonyl (C=O) groups is 1. The van der Waals surface area contributed by atoms with Gasteiger partial charge in [-0.05, 0) is 29.8 Å². The normalized spacial score (nSPS) is 11.4. The van der Waals surface area contributed by atoms with E-state index in [-0.39, 0.29) is 17.9 Å². The van der Waals surface area contributed by atoms with Crippen LogP contribution < -0.4 is 5.32 Å². The number of benzene rings is 2. The number of amides is 1. The standard InChI is InChI=1S/C19H14F4N2OS/c1-11(26)24-14-5-6-15(16(20)9-14)17-10-27-18(25-17)8-12-3-2-4-13(7-12)19(21,22)23/h2-7,9-10H,8H2,1H3,(H,24,26). The minimum Gasteiger partial charge on any atom is -0.326 e. The average molecular weight is 394 g/mol. The summed E-state index contributed by atoms with van der Waals surface area (Å²) >= 11 is 1.25. The van der Waals surface area contributed by atoms with E-state index in [1.54, 1.807) is 17.5 Å². The van der Waals surface area contributed by atoms with Gasteiger partial charge in [-0.15, -0.1) is 11.3 Å². The summed E-state index contributed by atoms with van der Waals surface area (Å²) in [5, 5.41) is 4.72. The highest BCUT2D eigenvalue weighted by Gasteiger charge is 2.30. The van der Waals surface area contributed by atoms with E-state index in [0.29, 0.717) is 22.0 Å². The minimum atomic E-state index is -4.40. The first-order chi connectivity index (χ1) is 12.7. The molecule has 3 nitrogen and oxygen atoms in total. The lowest BCUT2D eigenvalue weighted by molar-refractivity contribution is -0.137. The van der Waals surface area contributed by atoms with Crippen molar-refractivity contribution in [3.63, 3.8) is 0 Å². The molecule has 0 saturated heterocycles. The van der Waals surface area contributed by atoms with Gasteiger partial charge in [0.05, 0.1) is 16.3 Å². The molecule has 0 radical (unpaired) electrons. The molecule has 0 bridgehead atoms. The number of rotatable bonds is 4. The van der Waals surface area contributed by atoms with Crippen LogP contribution in [0.15, 0.2) is 47.8 Å². The summed E-state index contributed by atoms with van der Waals surface area (Å²) in [7, 11) is 0. The van der Waals surface area contributed by atoms with Gasteiger partial charge < -0.3 is 5.32 Å². The fourth-order valence-electron chi connectivity index (χ4n) is 2.55. The molecule has 0 atom stereocenters. The minimum absolute atomic E-state index is 0.222. The van der Waals surface area contributed by atoms with E-state index in [1.165, 1.54) is 36.5 Å². The van der Waals surface area contributed by atoms with Crippen molar-refractivity contribution in [1.29, 1.82) is 0 Å². The van der Waals surface area contributed by atoms with Gasteiger partial charge in [0.1, 0.15) is 5.82 Å². The second kappa shape index (κ2) is 7.48. The number of aromatic nitrogens is 1. The zero-order chi connectivity index (χ0) is 19.6. The first-order valence-corrected chi connectivity index (χ1v) is 8.78. The van der Waals surface area contributed by atoms with Crippen LogP contribution >= 0.6 is 11.3 Å². The summed E-state index contributed by atoms with van der Waals surface area (Å²) in [6.45, 7) is 1.33. The molecule has 0 spiro atoms. The molecular formula is C19H14F4N2OS. The zero-order valence-corrected chi connectivity index (χ0v) is 14.9. The molecule has 0 aliphatic heterocycles. The van der Waals surface area contributed by atoms with Crippen LogP contribution in [0.25, 0.3) is 11.3 Å². The Bertz CT molecular complexity index is 982. The number of carbonyl (C=O) groups excluding carboxylic acids is 1. The molecule has 0 unspecified atom stereocenters. The molecular weight excluding hydrogens is 380 g/mol. The van der Waals surface area contributed by atoms with Crippen molar-refractivity contribution in [2.24, 2.45) is 0 Å². The number of anilines is 1. The molecule has 2 aromatic carbocycles. The fraction of sp³-hybridized carbons (Fsp3) is 0.158. The van der Waals surface area contributed by atoms with E-state index >= 15 is 0 Å². The molecule has 27 heavy (non-hydrogen) atoms. The maximum atomic E-state index is 14.3. The highest BCUT2D eigenvalue weighted by atomic mass is 32.1. The number of thiazole rings is 1. The van der Waals surface area contributed by atoms with E-state index in [2.05, 4.69) is 10.3 Å². The second-order valence-corrected chi connectivity index (χ2v) is 6.82. The third-order valence-corrected chi connectivity index (χ3v) is 4.58. The molecule has 1 N–H and O–H groups in total.